The smallest absolute Gasteiger partial charge is 0.326 e. The molecule has 3 nitrogen and oxygen atoms in total. The van der Waals surface area contributed by atoms with Crippen molar-refractivity contribution >= 4 is 5.97 Å². The first-order valence-corrected chi connectivity index (χ1v) is 6.91. The predicted octanol–water partition coefficient (Wildman–Crippen LogP) is 2.87. The van der Waals surface area contributed by atoms with Crippen LogP contribution in [0.15, 0.2) is 0 Å². The normalized spacial score (nSPS) is 30.1. The molecule has 0 aromatic carbocycles. The van der Waals surface area contributed by atoms with E-state index in [-0.39, 0.29) is 12.1 Å². The second-order valence-electron chi connectivity index (χ2n) is 5.81. The fourth-order valence-electron chi connectivity index (χ4n) is 2.78. The average molecular weight is 241 g/mol. The Balaban J connectivity index is 2.56. The summed E-state index contributed by atoms with van der Waals surface area (Å²) in [6.45, 7) is 8.34. The number of esters is 1. The Labute approximate surface area is 105 Å². The van der Waals surface area contributed by atoms with Crippen LogP contribution in [0.2, 0.25) is 0 Å². The summed E-state index contributed by atoms with van der Waals surface area (Å²) >= 11 is 0. The number of ether oxygens (including phenoxy) is 1. The van der Waals surface area contributed by atoms with Crippen LogP contribution in [0.25, 0.3) is 0 Å². The second kappa shape index (κ2) is 5.85. The van der Waals surface area contributed by atoms with Gasteiger partial charge >= 0.3 is 5.97 Å². The van der Waals surface area contributed by atoms with Crippen LogP contribution in [0.4, 0.5) is 0 Å². The minimum atomic E-state index is -0.788. The fraction of sp³-hybridized carbons (Fsp3) is 0.929. The van der Waals surface area contributed by atoms with Gasteiger partial charge in [-0.15, -0.1) is 0 Å². The highest BCUT2D eigenvalue weighted by Gasteiger charge is 2.35. The minimum Gasteiger partial charge on any atom is -0.461 e. The molecular weight excluding hydrogens is 214 g/mol. The zero-order valence-corrected chi connectivity index (χ0v) is 11.7. The molecule has 0 aromatic heterocycles. The van der Waals surface area contributed by atoms with Gasteiger partial charge in [0.1, 0.15) is 11.6 Å². The van der Waals surface area contributed by atoms with Gasteiger partial charge in [0.2, 0.25) is 0 Å². The molecule has 2 N–H and O–H groups in total. The van der Waals surface area contributed by atoms with Crippen molar-refractivity contribution in [2.24, 2.45) is 17.6 Å². The van der Waals surface area contributed by atoms with E-state index in [2.05, 4.69) is 13.8 Å². The third-order valence-electron chi connectivity index (χ3n) is 4.08. The van der Waals surface area contributed by atoms with Crippen LogP contribution in [-0.4, -0.2) is 17.6 Å². The Morgan fingerprint density at radius 2 is 1.65 bits per heavy atom. The van der Waals surface area contributed by atoms with E-state index in [1.165, 1.54) is 6.42 Å². The molecule has 2 atom stereocenters. The van der Waals surface area contributed by atoms with E-state index in [1.54, 1.807) is 0 Å². The third kappa shape index (κ3) is 3.70. The first kappa shape index (κ1) is 14.5. The lowest BCUT2D eigenvalue weighted by molar-refractivity contribution is -0.159. The Bertz CT molecular complexity index is 251. The standard InChI is InChI=1S/C14H27NO2/c1-5-14(15,6-2)13(16)17-12-8-10(3)7-11(4)9-12/h10-12H,5-9,15H2,1-4H3. The molecule has 0 aromatic rings. The monoisotopic (exact) mass is 241 g/mol. The largest absolute Gasteiger partial charge is 0.461 e. The van der Waals surface area contributed by atoms with Gasteiger partial charge in [-0.25, -0.2) is 0 Å². The number of hydrogen-bond donors (Lipinski definition) is 1. The Morgan fingerprint density at radius 1 is 1.18 bits per heavy atom. The van der Waals surface area contributed by atoms with Gasteiger partial charge in [-0.1, -0.05) is 27.7 Å². The molecule has 0 aliphatic heterocycles. The summed E-state index contributed by atoms with van der Waals surface area (Å²) in [4.78, 5) is 12.1. The molecule has 0 heterocycles. The van der Waals surface area contributed by atoms with Gasteiger partial charge in [0.15, 0.2) is 0 Å². The number of rotatable bonds is 4. The molecule has 17 heavy (non-hydrogen) atoms. The summed E-state index contributed by atoms with van der Waals surface area (Å²) in [7, 11) is 0. The average Bonchev–Trinajstić information content (AvgIpc) is 2.26. The van der Waals surface area contributed by atoms with E-state index in [9.17, 15) is 4.79 Å². The maximum Gasteiger partial charge on any atom is 0.326 e. The first-order valence-electron chi connectivity index (χ1n) is 6.91. The SMILES string of the molecule is CCC(N)(CC)C(=O)OC1CC(C)CC(C)C1. The first-order chi connectivity index (χ1) is 7.91. The maximum absolute atomic E-state index is 12.1. The minimum absolute atomic E-state index is 0.0716. The Hall–Kier alpha value is -0.570. The van der Waals surface area contributed by atoms with Gasteiger partial charge in [-0.05, 0) is 43.9 Å². The van der Waals surface area contributed by atoms with Crippen molar-refractivity contribution in [1.82, 2.24) is 0 Å². The van der Waals surface area contributed by atoms with Crippen LogP contribution in [0.3, 0.4) is 0 Å². The van der Waals surface area contributed by atoms with Gasteiger partial charge in [0.25, 0.3) is 0 Å². The van der Waals surface area contributed by atoms with Crippen molar-refractivity contribution in [2.75, 3.05) is 0 Å². The molecule has 0 saturated heterocycles. The molecule has 100 valence electrons. The summed E-state index contributed by atoms with van der Waals surface area (Å²) < 4.78 is 5.62. The van der Waals surface area contributed by atoms with E-state index >= 15 is 0 Å². The molecule has 0 amide bonds. The lowest BCUT2D eigenvalue weighted by Crippen LogP contribution is -2.49. The Morgan fingerprint density at radius 3 is 2.06 bits per heavy atom. The van der Waals surface area contributed by atoms with Gasteiger partial charge in [-0.3, -0.25) is 4.79 Å². The summed E-state index contributed by atoms with van der Waals surface area (Å²) in [5.74, 6) is 1.08. The van der Waals surface area contributed by atoms with Crippen molar-refractivity contribution in [3.63, 3.8) is 0 Å². The van der Waals surface area contributed by atoms with Gasteiger partial charge in [0.05, 0.1) is 0 Å². The summed E-state index contributed by atoms with van der Waals surface area (Å²) in [6, 6.07) is 0. The van der Waals surface area contributed by atoms with Crippen LogP contribution in [-0.2, 0) is 9.53 Å². The highest BCUT2D eigenvalue weighted by atomic mass is 16.5. The van der Waals surface area contributed by atoms with Crippen LogP contribution in [0.1, 0.15) is 59.8 Å². The molecule has 1 aliphatic rings. The molecule has 0 radical (unpaired) electrons. The van der Waals surface area contributed by atoms with Crippen LogP contribution in [0.5, 0.6) is 0 Å². The van der Waals surface area contributed by atoms with Crippen LogP contribution in [0, 0.1) is 11.8 Å². The quantitative estimate of drug-likeness (QED) is 0.770. The van der Waals surface area contributed by atoms with Crippen LogP contribution >= 0.6 is 0 Å². The van der Waals surface area contributed by atoms with Crippen molar-refractivity contribution < 1.29 is 9.53 Å². The van der Waals surface area contributed by atoms with E-state index in [1.807, 2.05) is 13.8 Å². The van der Waals surface area contributed by atoms with Gasteiger partial charge < -0.3 is 10.5 Å². The second-order valence-corrected chi connectivity index (χ2v) is 5.81. The Kier molecular flexibility index (Phi) is 4.99. The number of nitrogens with two attached hydrogens (primary N) is 1. The summed E-state index contributed by atoms with van der Waals surface area (Å²) in [5.41, 5.74) is 5.26. The zero-order chi connectivity index (χ0) is 13.1. The summed E-state index contributed by atoms with van der Waals surface area (Å²) in [6.07, 6.45) is 4.56. The molecular formula is C14H27NO2. The third-order valence-corrected chi connectivity index (χ3v) is 4.08. The van der Waals surface area contributed by atoms with E-state index in [4.69, 9.17) is 10.5 Å². The number of hydrogen-bond acceptors (Lipinski definition) is 3. The lowest BCUT2D eigenvalue weighted by Gasteiger charge is -2.34. The molecule has 3 heteroatoms. The topological polar surface area (TPSA) is 52.3 Å². The number of carbonyl (C=O) groups excluding carboxylic acids is 1. The molecule has 0 spiro atoms. The van der Waals surface area contributed by atoms with Crippen molar-refractivity contribution in [2.45, 2.75) is 71.4 Å². The predicted molar refractivity (Wildman–Crippen MR) is 69.6 cm³/mol. The molecule has 0 bridgehead atoms. The van der Waals surface area contributed by atoms with Crippen molar-refractivity contribution in [3.05, 3.63) is 0 Å². The molecule has 1 aliphatic carbocycles. The molecule has 1 fully saturated rings. The van der Waals surface area contributed by atoms with E-state index in [0.717, 1.165) is 12.8 Å². The molecule has 1 rings (SSSR count). The fourth-order valence-corrected chi connectivity index (χ4v) is 2.78. The van der Waals surface area contributed by atoms with Crippen LogP contribution < -0.4 is 5.73 Å². The van der Waals surface area contributed by atoms with Gasteiger partial charge in [-0.2, -0.15) is 0 Å². The highest BCUT2D eigenvalue weighted by molar-refractivity contribution is 5.80. The van der Waals surface area contributed by atoms with E-state index in [0.29, 0.717) is 24.7 Å². The maximum atomic E-state index is 12.1. The van der Waals surface area contributed by atoms with Crippen molar-refractivity contribution in [3.8, 4) is 0 Å². The van der Waals surface area contributed by atoms with E-state index < -0.39 is 5.54 Å². The lowest BCUT2D eigenvalue weighted by atomic mass is 9.81. The van der Waals surface area contributed by atoms with Gasteiger partial charge in [0, 0.05) is 0 Å². The zero-order valence-electron chi connectivity index (χ0n) is 11.7. The number of carbonyl (C=O) groups is 1. The van der Waals surface area contributed by atoms with Crippen molar-refractivity contribution in [1.29, 1.82) is 0 Å². The molecule has 2 unspecified atom stereocenters. The molecule has 1 saturated carbocycles. The highest BCUT2D eigenvalue weighted by Crippen LogP contribution is 2.31. The summed E-state index contributed by atoms with van der Waals surface area (Å²) in [5, 5.41) is 0.